The Morgan fingerprint density at radius 1 is 1.60 bits per heavy atom. The van der Waals surface area contributed by atoms with E-state index in [9.17, 15) is 0 Å². The molecule has 0 aromatic carbocycles. The highest BCUT2D eigenvalue weighted by Crippen LogP contribution is 2.03. The van der Waals surface area contributed by atoms with Crippen molar-refractivity contribution in [1.82, 2.24) is 0 Å². The first-order chi connectivity index (χ1) is 4.70. The maximum atomic E-state index is 9.03. The van der Waals surface area contributed by atoms with Crippen LogP contribution in [0, 0.1) is 0 Å². The molecule has 0 amide bonds. The molecule has 0 aromatic heterocycles. The molecule has 2 heteroatoms. The van der Waals surface area contributed by atoms with Crippen molar-refractivity contribution in [2.75, 3.05) is 7.11 Å². The zero-order valence-corrected chi connectivity index (χ0v) is 6.71. The quantitative estimate of drug-likeness (QED) is 0.590. The summed E-state index contributed by atoms with van der Waals surface area (Å²) in [5.41, 5.74) is 0. The van der Waals surface area contributed by atoms with Gasteiger partial charge in [-0.15, -0.1) is 6.58 Å². The standard InChI is InChI=1S/C8H16O2/c1-4-8(9)6-5-7(2)10-3/h4,7-9H,1,5-6H2,2-3H3. The van der Waals surface area contributed by atoms with Gasteiger partial charge in [-0.3, -0.25) is 0 Å². The number of hydrogen-bond acceptors (Lipinski definition) is 2. The highest BCUT2D eigenvalue weighted by molar-refractivity contribution is 4.77. The number of methoxy groups -OCH3 is 1. The van der Waals surface area contributed by atoms with Gasteiger partial charge in [-0.25, -0.2) is 0 Å². The number of rotatable bonds is 5. The van der Waals surface area contributed by atoms with Crippen molar-refractivity contribution in [3.05, 3.63) is 12.7 Å². The van der Waals surface area contributed by atoms with E-state index in [1.165, 1.54) is 0 Å². The van der Waals surface area contributed by atoms with Crippen molar-refractivity contribution < 1.29 is 9.84 Å². The lowest BCUT2D eigenvalue weighted by Crippen LogP contribution is -2.09. The van der Waals surface area contributed by atoms with Gasteiger partial charge in [0.25, 0.3) is 0 Å². The second-order valence-corrected chi connectivity index (χ2v) is 2.43. The second-order valence-electron chi connectivity index (χ2n) is 2.43. The van der Waals surface area contributed by atoms with Crippen molar-refractivity contribution in [2.24, 2.45) is 0 Å². The van der Waals surface area contributed by atoms with Gasteiger partial charge in [-0.1, -0.05) is 6.08 Å². The van der Waals surface area contributed by atoms with Crippen LogP contribution in [0.5, 0.6) is 0 Å². The molecule has 10 heavy (non-hydrogen) atoms. The van der Waals surface area contributed by atoms with E-state index in [0.29, 0.717) is 0 Å². The van der Waals surface area contributed by atoms with Gasteiger partial charge in [0.1, 0.15) is 0 Å². The topological polar surface area (TPSA) is 29.5 Å². The van der Waals surface area contributed by atoms with Crippen LogP contribution in [0.25, 0.3) is 0 Å². The van der Waals surface area contributed by atoms with Crippen LogP contribution in [0.15, 0.2) is 12.7 Å². The zero-order chi connectivity index (χ0) is 7.98. The summed E-state index contributed by atoms with van der Waals surface area (Å²) in [4.78, 5) is 0. The Kier molecular flexibility index (Phi) is 5.26. The zero-order valence-electron chi connectivity index (χ0n) is 6.71. The normalized spacial score (nSPS) is 16.3. The lowest BCUT2D eigenvalue weighted by atomic mass is 10.1. The maximum Gasteiger partial charge on any atom is 0.0719 e. The third-order valence-corrected chi connectivity index (χ3v) is 1.54. The van der Waals surface area contributed by atoms with Crippen LogP contribution in [0.3, 0.4) is 0 Å². The van der Waals surface area contributed by atoms with Gasteiger partial charge in [0.05, 0.1) is 12.2 Å². The monoisotopic (exact) mass is 144 g/mol. The summed E-state index contributed by atoms with van der Waals surface area (Å²) in [6, 6.07) is 0. The number of hydrogen-bond donors (Lipinski definition) is 1. The molecule has 0 saturated carbocycles. The van der Waals surface area contributed by atoms with E-state index in [1.54, 1.807) is 13.2 Å². The van der Waals surface area contributed by atoms with Crippen LogP contribution >= 0.6 is 0 Å². The highest BCUT2D eigenvalue weighted by Gasteiger charge is 2.02. The molecule has 60 valence electrons. The van der Waals surface area contributed by atoms with Gasteiger partial charge in [0, 0.05) is 7.11 Å². The molecule has 0 fully saturated rings. The fourth-order valence-corrected chi connectivity index (χ4v) is 0.641. The lowest BCUT2D eigenvalue weighted by Gasteiger charge is -2.10. The summed E-state index contributed by atoms with van der Waals surface area (Å²) in [6.45, 7) is 5.46. The van der Waals surface area contributed by atoms with Crippen LogP contribution < -0.4 is 0 Å². The van der Waals surface area contributed by atoms with E-state index >= 15 is 0 Å². The molecule has 0 radical (unpaired) electrons. The molecule has 0 aromatic rings. The van der Waals surface area contributed by atoms with E-state index < -0.39 is 0 Å². The van der Waals surface area contributed by atoms with Crippen molar-refractivity contribution in [2.45, 2.75) is 32.0 Å². The molecule has 2 unspecified atom stereocenters. The molecule has 0 bridgehead atoms. The average Bonchev–Trinajstić information content (AvgIpc) is 1.99. The van der Waals surface area contributed by atoms with E-state index in [2.05, 4.69) is 6.58 Å². The van der Waals surface area contributed by atoms with Crippen LogP contribution in [0.1, 0.15) is 19.8 Å². The summed E-state index contributed by atoms with van der Waals surface area (Å²) in [6.07, 6.45) is 3.01. The van der Waals surface area contributed by atoms with Crippen LogP contribution in [-0.2, 0) is 4.74 Å². The van der Waals surface area contributed by atoms with E-state index in [-0.39, 0.29) is 12.2 Å². The second kappa shape index (κ2) is 5.45. The lowest BCUT2D eigenvalue weighted by molar-refractivity contribution is 0.0946. The van der Waals surface area contributed by atoms with Crippen molar-refractivity contribution in [3.63, 3.8) is 0 Å². The maximum absolute atomic E-state index is 9.03. The van der Waals surface area contributed by atoms with E-state index in [1.807, 2.05) is 6.92 Å². The van der Waals surface area contributed by atoms with Crippen LogP contribution in [-0.4, -0.2) is 24.4 Å². The fraction of sp³-hybridized carbons (Fsp3) is 0.750. The summed E-state index contributed by atoms with van der Waals surface area (Å²) in [5.74, 6) is 0. The third kappa shape index (κ3) is 4.53. The minimum absolute atomic E-state index is 0.231. The van der Waals surface area contributed by atoms with E-state index in [4.69, 9.17) is 9.84 Å². The van der Waals surface area contributed by atoms with Gasteiger partial charge in [-0.05, 0) is 19.8 Å². The largest absolute Gasteiger partial charge is 0.389 e. The third-order valence-electron chi connectivity index (χ3n) is 1.54. The molecule has 1 N–H and O–H groups in total. The molecule has 0 heterocycles. The van der Waals surface area contributed by atoms with Crippen molar-refractivity contribution in [3.8, 4) is 0 Å². The molecule has 2 atom stereocenters. The summed E-state index contributed by atoms with van der Waals surface area (Å²) < 4.78 is 5.00. The molecule has 0 aliphatic rings. The first kappa shape index (κ1) is 9.66. The van der Waals surface area contributed by atoms with Crippen molar-refractivity contribution in [1.29, 1.82) is 0 Å². The van der Waals surface area contributed by atoms with Gasteiger partial charge in [-0.2, -0.15) is 0 Å². The SMILES string of the molecule is C=CC(O)CCC(C)OC. The smallest absolute Gasteiger partial charge is 0.0719 e. The van der Waals surface area contributed by atoms with Gasteiger partial charge in [0.2, 0.25) is 0 Å². The molecular weight excluding hydrogens is 128 g/mol. The summed E-state index contributed by atoms with van der Waals surface area (Å²) >= 11 is 0. The predicted molar refractivity (Wildman–Crippen MR) is 41.9 cm³/mol. The Morgan fingerprint density at radius 3 is 2.60 bits per heavy atom. The van der Waals surface area contributed by atoms with Crippen molar-refractivity contribution >= 4 is 0 Å². The molecule has 0 aliphatic carbocycles. The summed E-state index contributed by atoms with van der Waals surface area (Å²) in [7, 11) is 1.67. The summed E-state index contributed by atoms with van der Waals surface area (Å²) in [5, 5.41) is 9.03. The highest BCUT2D eigenvalue weighted by atomic mass is 16.5. The minimum atomic E-state index is -0.377. The van der Waals surface area contributed by atoms with Gasteiger partial charge in [0.15, 0.2) is 0 Å². The molecule has 0 rings (SSSR count). The molecule has 2 nitrogen and oxygen atoms in total. The Hall–Kier alpha value is -0.340. The predicted octanol–water partition coefficient (Wildman–Crippen LogP) is 1.35. The number of ether oxygens (including phenoxy) is 1. The molecular formula is C8H16O2. The Balaban J connectivity index is 3.25. The van der Waals surface area contributed by atoms with Crippen LogP contribution in [0.4, 0.5) is 0 Å². The average molecular weight is 144 g/mol. The molecule has 0 spiro atoms. The van der Waals surface area contributed by atoms with Gasteiger partial charge >= 0.3 is 0 Å². The number of aliphatic hydroxyl groups excluding tert-OH is 1. The molecule has 0 saturated heterocycles. The first-order valence-electron chi connectivity index (χ1n) is 3.54. The Bertz CT molecular complexity index is 91.3. The Labute approximate surface area is 62.5 Å². The van der Waals surface area contributed by atoms with Crippen LogP contribution in [0.2, 0.25) is 0 Å². The first-order valence-corrected chi connectivity index (χ1v) is 3.54. The van der Waals surface area contributed by atoms with Gasteiger partial charge < -0.3 is 9.84 Å². The fourth-order valence-electron chi connectivity index (χ4n) is 0.641. The minimum Gasteiger partial charge on any atom is -0.389 e. The Morgan fingerprint density at radius 2 is 2.20 bits per heavy atom. The van der Waals surface area contributed by atoms with E-state index in [0.717, 1.165) is 12.8 Å². The molecule has 0 aliphatic heterocycles. The number of aliphatic hydroxyl groups is 1.